The van der Waals surface area contributed by atoms with Gasteiger partial charge in [-0.05, 0) is 42.5 Å². The smallest absolute Gasteiger partial charge is 0.308 e. The van der Waals surface area contributed by atoms with E-state index in [-0.39, 0.29) is 18.4 Å². The van der Waals surface area contributed by atoms with Gasteiger partial charge in [-0.1, -0.05) is 6.07 Å². The van der Waals surface area contributed by atoms with Crippen molar-refractivity contribution in [2.75, 3.05) is 13.7 Å². The molecule has 0 saturated heterocycles. The van der Waals surface area contributed by atoms with Crippen LogP contribution >= 0.6 is 0 Å². The van der Waals surface area contributed by atoms with Crippen LogP contribution in [0, 0.1) is 0 Å². The summed E-state index contributed by atoms with van der Waals surface area (Å²) in [6.45, 7) is 0.334. The fourth-order valence-corrected chi connectivity index (χ4v) is 2.26. The zero-order chi connectivity index (χ0) is 13.0. The van der Waals surface area contributed by atoms with Gasteiger partial charge in [0.2, 0.25) is 0 Å². The molecule has 0 aromatic heterocycles. The van der Waals surface area contributed by atoms with E-state index in [9.17, 15) is 4.79 Å². The van der Waals surface area contributed by atoms with Crippen LogP contribution in [0.4, 0.5) is 0 Å². The Balaban J connectivity index is 1.98. The van der Waals surface area contributed by atoms with Crippen molar-refractivity contribution in [2.45, 2.75) is 31.7 Å². The summed E-state index contributed by atoms with van der Waals surface area (Å²) in [5, 5.41) is 0. The maximum Gasteiger partial charge on any atom is 0.308 e. The van der Waals surface area contributed by atoms with Crippen molar-refractivity contribution in [3.05, 3.63) is 29.3 Å². The molecule has 0 radical (unpaired) electrons. The van der Waals surface area contributed by atoms with Crippen LogP contribution in [0.5, 0.6) is 5.75 Å². The van der Waals surface area contributed by atoms with Crippen LogP contribution < -0.4 is 10.5 Å². The zero-order valence-electron chi connectivity index (χ0n) is 10.6. The van der Waals surface area contributed by atoms with E-state index in [0.29, 0.717) is 6.61 Å². The number of hydrogen-bond acceptors (Lipinski definition) is 4. The first-order chi connectivity index (χ1) is 8.70. The molecule has 1 aromatic rings. The summed E-state index contributed by atoms with van der Waals surface area (Å²) >= 11 is 0. The van der Waals surface area contributed by atoms with E-state index >= 15 is 0 Å². The Bertz CT molecular complexity index is 431. The fourth-order valence-electron chi connectivity index (χ4n) is 2.26. The third-order valence-corrected chi connectivity index (χ3v) is 3.28. The van der Waals surface area contributed by atoms with Gasteiger partial charge in [-0.15, -0.1) is 0 Å². The van der Waals surface area contributed by atoms with E-state index < -0.39 is 0 Å². The Morgan fingerprint density at radius 2 is 2.33 bits per heavy atom. The molecule has 2 N–H and O–H groups in total. The molecule has 4 heteroatoms. The van der Waals surface area contributed by atoms with Gasteiger partial charge in [0.05, 0.1) is 20.1 Å². The zero-order valence-corrected chi connectivity index (χ0v) is 10.6. The largest absolute Gasteiger partial charge is 0.493 e. The molecule has 1 atom stereocenters. The molecule has 0 bridgehead atoms. The van der Waals surface area contributed by atoms with Crippen LogP contribution in [0.1, 0.15) is 36.4 Å². The summed E-state index contributed by atoms with van der Waals surface area (Å²) in [5.41, 5.74) is 8.58. The lowest BCUT2D eigenvalue weighted by Crippen LogP contribution is -2.17. The predicted molar refractivity (Wildman–Crippen MR) is 68.4 cm³/mol. The second kappa shape index (κ2) is 5.87. The number of fused-ring (bicyclic) bond motifs is 1. The van der Waals surface area contributed by atoms with E-state index in [0.717, 1.165) is 25.0 Å². The highest BCUT2D eigenvalue weighted by atomic mass is 16.5. The van der Waals surface area contributed by atoms with Crippen LogP contribution in [-0.2, 0) is 16.0 Å². The third-order valence-electron chi connectivity index (χ3n) is 3.28. The Morgan fingerprint density at radius 3 is 3.11 bits per heavy atom. The average Bonchev–Trinajstić information content (AvgIpc) is 2.39. The van der Waals surface area contributed by atoms with Gasteiger partial charge in [0.1, 0.15) is 5.75 Å². The number of methoxy groups -OCH3 is 1. The molecule has 1 aliphatic rings. The number of ether oxygens (including phenoxy) is 2. The average molecular weight is 249 g/mol. The molecule has 0 fully saturated rings. The highest BCUT2D eigenvalue weighted by Gasteiger charge is 2.17. The number of esters is 1. The minimum Gasteiger partial charge on any atom is -0.493 e. The summed E-state index contributed by atoms with van der Waals surface area (Å²) in [4.78, 5) is 11.0. The van der Waals surface area contributed by atoms with Gasteiger partial charge in [-0.2, -0.15) is 0 Å². The first kappa shape index (κ1) is 12.9. The van der Waals surface area contributed by atoms with Crippen molar-refractivity contribution in [1.29, 1.82) is 0 Å². The van der Waals surface area contributed by atoms with Crippen molar-refractivity contribution in [3.8, 4) is 5.75 Å². The van der Waals surface area contributed by atoms with Crippen molar-refractivity contribution in [1.82, 2.24) is 0 Å². The molecule has 0 aliphatic heterocycles. The maximum absolute atomic E-state index is 11.0. The van der Waals surface area contributed by atoms with Gasteiger partial charge < -0.3 is 15.2 Å². The van der Waals surface area contributed by atoms with Crippen LogP contribution in [0.2, 0.25) is 0 Å². The number of carbonyl (C=O) groups excluding carboxylic acids is 1. The molecule has 4 nitrogen and oxygen atoms in total. The Kier molecular flexibility index (Phi) is 4.20. The van der Waals surface area contributed by atoms with E-state index in [4.69, 9.17) is 10.5 Å². The lowest BCUT2D eigenvalue weighted by molar-refractivity contribution is -0.141. The molecule has 0 amide bonds. The van der Waals surface area contributed by atoms with E-state index in [1.54, 1.807) is 0 Å². The maximum atomic E-state index is 11.0. The normalized spacial score (nSPS) is 18.0. The number of aryl methyl sites for hydroxylation is 1. The summed E-state index contributed by atoms with van der Waals surface area (Å²) in [6.07, 6.45) is 3.53. The predicted octanol–water partition coefficient (Wildman–Crippen LogP) is 1.96. The van der Waals surface area contributed by atoms with Gasteiger partial charge in [-0.25, -0.2) is 0 Å². The molecular formula is C14H19NO3. The highest BCUT2D eigenvalue weighted by Crippen LogP contribution is 2.30. The van der Waals surface area contributed by atoms with Crippen molar-refractivity contribution >= 4 is 5.97 Å². The number of nitrogens with two attached hydrogens (primary N) is 1. The van der Waals surface area contributed by atoms with Crippen molar-refractivity contribution < 1.29 is 14.3 Å². The molecule has 0 spiro atoms. The van der Waals surface area contributed by atoms with E-state index in [1.165, 1.54) is 18.2 Å². The topological polar surface area (TPSA) is 61.5 Å². The Labute approximate surface area is 107 Å². The summed E-state index contributed by atoms with van der Waals surface area (Å²) in [5.74, 6) is 0.514. The van der Waals surface area contributed by atoms with Crippen LogP contribution in [0.3, 0.4) is 0 Å². The summed E-state index contributed by atoms with van der Waals surface area (Å²) in [7, 11) is 1.38. The molecule has 0 unspecified atom stereocenters. The Morgan fingerprint density at radius 1 is 1.50 bits per heavy atom. The van der Waals surface area contributed by atoms with Gasteiger partial charge >= 0.3 is 5.97 Å². The summed E-state index contributed by atoms with van der Waals surface area (Å²) in [6, 6.07) is 6.12. The fraction of sp³-hybridized carbons (Fsp3) is 0.500. The molecule has 1 aromatic carbocycles. The van der Waals surface area contributed by atoms with Gasteiger partial charge in [0, 0.05) is 6.04 Å². The van der Waals surface area contributed by atoms with Gasteiger partial charge in [0.15, 0.2) is 0 Å². The van der Waals surface area contributed by atoms with Crippen LogP contribution in [0.15, 0.2) is 18.2 Å². The van der Waals surface area contributed by atoms with Crippen LogP contribution in [0.25, 0.3) is 0 Å². The molecule has 0 saturated carbocycles. The first-order valence-electron chi connectivity index (χ1n) is 6.28. The highest BCUT2D eigenvalue weighted by molar-refractivity contribution is 5.69. The molecular weight excluding hydrogens is 230 g/mol. The van der Waals surface area contributed by atoms with E-state index in [1.807, 2.05) is 12.1 Å². The monoisotopic (exact) mass is 249 g/mol. The number of rotatable bonds is 4. The minimum absolute atomic E-state index is 0.109. The van der Waals surface area contributed by atoms with Gasteiger partial charge in [-0.3, -0.25) is 4.79 Å². The molecule has 98 valence electrons. The number of hydrogen-bond donors (Lipinski definition) is 1. The lowest BCUT2D eigenvalue weighted by atomic mass is 9.88. The minimum atomic E-state index is -0.260. The lowest BCUT2D eigenvalue weighted by Gasteiger charge is -2.22. The molecule has 18 heavy (non-hydrogen) atoms. The van der Waals surface area contributed by atoms with Crippen LogP contribution in [-0.4, -0.2) is 19.7 Å². The SMILES string of the molecule is COC(=O)CCOc1ccc2c(c1)[C@H](N)CCC2. The summed E-state index contributed by atoms with van der Waals surface area (Å²) < 4.78 is 10.1. The first-order valence-corrected chi connectivity index (χ1v) is 6.28. The van der Waals surface area contributed by atoms with Crippen molar-refractivity contribution in [3.63, 3.8) is 0 Å². The second-order valence-electron chi connectivity index (χ2n) is 4.53. The number of carbonyl (C=O) groups is 1. The third kappa shape index (κ3) is 3.01. The molecule has 1 aliphatic carbocycles. The van der Waals surface area contributed by atoms with Crippen molar-refractivity contribution in [2.24, 2.45) is 5.73 Å². The quantitative estimate of drug-likeness (QED) is 0.829. The molecule has 2 rings (SSSR count). The Hall–Kier alpha value is -1.55. The standard InChI is InChI=1S/C14H19NO3/c1-17-14(16)7-8-18-11-6-5-10-3-2-4-13(15)12(10)9-11/h5-6,9,13H,2-4,7-8,15H2,1H3/t13-/m1/s1. The molecule has 0 heterocycles. The second-order valence-corrected chi connectivity index (χ2v) is 4.53. The van der Waals surface area contributed by atoms with E-state index in [2.05, 4.69) is 10.8 Å². The van der Waals surface area contributed by atoms with Gasteiger partial charge in [0.25, 0.3) is 0 Å². The number of benzene rings is 1.